The second-order valence-electron chi connectivity index (χ2n) is 4.33. The van der Waals surface area contributed by atoms with E-state index in [1.165, 1.54) is 0 Å². The van der Waals surface area contributed by atoms with Crippen molar-refractivity contribution in [3.63, 3.8) is 0 Å². The molecule has 0 fully saturated rings. The number of hydrogen-bond donors (Lipinski definition) is 0. The summed E-state index contributed by atoms with van der Waals surface area (Å²) in [6.45, 7) is 7.24. The summed E-state index contributed by atoms with van der Waals surface area (Å²) < 4.78 is 9.86. The average molecular weight is 294 g/mol. The predicted octanol–water partition coefficient (Wildman–Crippen LogP) is 3.48. The normalized spacial score (nSPS) is 9.64. The summed E-state index contributed by atoms with van der Waals surface area (Å²) in [5.41, 5.74) is 1.76. The zero-order chi connectivity index (χ0) is 15.9. The van der Waals surface area contributed by atoms with Crippen molar-refractivity contribution in [2.24, 2.45) is 0 Å². The first kappa shape index (κ1) is 15.3. The third-order valence-electron chi connectivity index (χ3n) is 2.82. The third-order valence-corrected chi connectivity index (χ3v) is 2.82. The summed E-state index contributed by atoms with van der Waals surface area (Å²) in [5, 5.41) is 0. The highest BCUT2D eigenvalue weighted by Crippen LogP contribution is 2.15. The van der Waals surface area contributed by atoms with Gasteiger partial charge >= 0.3 is 11.9 Å². The molecule has 0 aromatic heterocycles. The zero-order valence-corrected chi connectivity index (χ0v) is 11.8. The predicted molar refractivity (Wildman–Crippen MR) is 84.3 cm³/mol. The lowest BCUT2D eigenvalue weighted by atomic mass is 10.2. The van der Waals surface area contributed by atoms with Crippen molar-refractivity contribution in [1.29, 1.82) is 0 Å². The molecule has 0 heterocycles. The van der Waals surface area contributed by atoms with E-state index in [-0.39, 0.29) is 11.5 Å². The van der Waals surface area contributed by atoms with E-state index in [2.05, 4.69) is 13.2 Å². The van der Waals surface area contributed by atoms with E-state index in [9.17, 15) is 9.59 Å². The van der Waals surface area contributed by atoms with Crippen molar-refractivity contribution < 1.29 is 19.1 Å². The van der Waals surface area contributed by atoms with Gasteiger partial charge < -0.3 is 9.47 Å². The lowest BCUT2D eigenvalue weighted by Gasteiger charge is -2.05. The lowest BCUT2D eigenvalue weighted by Crippen LogP contribution is -2.25. The summed E-state index contributed by atoms with van der Waals surface area (Å²) in [4.78, 5) is 23.3. The molecule has 0 amide bonds. The van der Waals surface area contributed by atoms with Crippen molar-refractivity contribution in [2.45, 2.75) is 0 Å². The van der Waals surface area contributed by atoms with Crippen LogP contribution in [0, 0.1) is 0 Å². The monoisotopic (exact) mass is 294 g/mol. The quantitative estimate of drug-likeness (QED) is 0.492. The molecule has 0 unspecified atom stereocenters. The summed E-state index contributed by atoms with van der Waals surface area (Å²) in [5.74, 6) is -1.65. The minimum Gasteiger partial charge on any atom is -0.418 e. The van der Waals surface area contributed by atoms with Crippen LogP contribution < -0.4 is 9.47 Å². The van der Waals surface area contributed by atoms with E-state index >= 15 is 0 Å². The molecular weight excluding hydrogens is 280 g/mol. The standard InChI is InChI=1S/C18H14O4/c1-3-13-5-9-15(10-6-13)21-17(19)18(20)22-16-11-7-14(4-2)8-12-16/h3-12H,1-2H2. The molecule has 2 aromatic carbocycles. The Bertz CT molecular complexity index is 633. The number of carbonyl (C=O) groups is 2. The van der Waals surface area contributed by atoms with E-state index in [4.69, 9.17) is 9.47 Å². The topological polar surface area (TPSA) is 52.6 Å². The number of carbonyl (C=O) groups excluding carboxylic acids is 2. The van der Waals surface area contributed by atoms with Gasteiger partial charge in [-0.25, -0.2) is 9.59 Å². The van der Waals surface area contributed by atoms with Gasteiger partial charge in [0.2, 0.25) is 0 Å². The average Bonchev–Trinajstić information content (AvgIpc) is 2.56. The molecule has 2 aromatic rings. The first-order valence-electron chi connectivity index (χ1n) is 6.51. The molecule has 0 saturated carbocycles. The van der Waals surface area contributed by atoms with Gasteiger partial charge in [-0.05, 0) is 35.4 Å². The van der Waals surface area contributed by atoms with Gasteiger partial charge in [-0.3, -0.25) is 0 Å². The van der Waals surface area contributed by atoms with Gasteiger partial charge in [0.15, 0.2) is 0 Å². The third kappa shape index (κ3) is 3.93. The van der Waals surface area contributed by atoms with Gasteiger partial charge in [0.25, 0.3) is 0 Å². The fourth-order valence-corrected chi connectivity index (χ4v) is 1.64. The van der Waals surface area contributed by atoms with Crippen molar-refractivity contribution in [3.05, 3.63) is 72.8 Å². The summed E-state index contributed by atoms with van der Waals surface area (Å²) >= 11 is 0. The summed E-state index contributed by atoms with van der Waals surface area (Å²) in [6.07, 6.45) is 3.32. The molecule has 4 heteroatoms. The fourth-order valence-electron chi connectivity index (χ4n) is 1.64. The summed E-state index contributed by atoms with van der Waals surface area (Å²) in [7, 11) is 0. The van der Waals surface area contributed by atoms with Gasteiger partial charge in [0.05, 0.1) is 0 Å². The molecular formula is C18H14O4. The smallest absolute Gasteiger partial charge is 0.418 e. The molecule has 0 aliphatic rings. The van der Waals surface area contributed by atoms with Crippen LogP contribution in [0.15, 0.2) is 61.7 Å². The second kappa shape index (κ2) is 7.04. The van der Waals surface area contributed by atoms with E-state index < -0.39 is 11.9 Å². The van der Waals surface area contributed by atoms with Crippen LogP contribution in [0.4, 0.5) is 0 Å². The van der Waals surface area contributed by atoms with Crippen LogP contribution in [0.25, 0.3) is 12.2 Å². The molecule has 0 aliphatic heterocycles. The molecule has 0 bridgehead atoms. The Morgan fingerprint density at radius 1 is 0.682 bits per heavy atom. The second-order valence-corrected chi connectivity index (χ2v) is 4.33. The van der Waals surface area contributed by atoms with Gasteiger partial charge in [0, 0.05) is 0 Å². The highest BCUT2D eigenvalue weighted by Gasteiger charge is 2.19. The van der Waals surface area contributed by atoms with E-state index in [1.807, 2.05) is 0 Å². The van der Waals surface area contributed by atoms with E-state index in [0.717, 1.165) is 11.1 Å². The van der Waals surface area contributed by atoms with Crippen molar-refractivity contribution >= 4 is 24.1 Å². The number of ether oxygens (including phenoxy) is 2. The fraction of sp³-hybridized carbons (Fsp3) is 0. The molecule has 0 radical (unpaired) electrons. The number of hydrogen-bond acceptors (Lipinski definition) is 4. The molecule has 0 saturated heterocycles. The van der Waals surface area contributed by atoms with Gasteiger partial charge in [-0.2, -0.15) is 0 Å². The Labute approximate surface area is 128 Å². The number of rotatable bonds is 4. The lowest BCUT2D eigenvalue weighted by molar-refractivity contribution is -0.156. The number of esters is 2. The Hall–Kier alpha value is -3.14. The summed E-state index contributed by atoms with van der Waals surface area (Å²) in [6, 6.07) is 13.2. The van der Waals surface area contributed by atoms with Crippen LogP contribution in [0.1, 0.15) is 11.1 Å². The molecule has 0 aliphatic carbocycles. The molecule has 0 spiro atoms. The van der Waals surface area contributed by atoms with Crippen molar-refractivity contribution in [3.8, 4) is 11.5 Å². The maximum absolute atomic E-state index is 11.7. The Morgan fingerprint density at radius 2 is 1.00 bits per heavy atom. The number of benzene rings is 2. The maximum Gasteiger partial charge on any atom is 0.423 e. The Kier molecular flexibility index (Phi) is 4.88. The van der Waals surface area contributed by atoms with Gasteiger partial charge in [0.1, 0.15) is 11.5 Å². The molecule has 2 rings (SSSR count). The maximum atomic E-state index is 11.7. The molecule has 0 atom stereocenters. The van der Waals surface area contributed by atoms with Crippen LogP contribution in [-0.4, -0.2) is 11.9 Å². The van der Waals surface area contributed by atoms with Crippen molar-refractivity contribution in [1.82, 2.24) is 0 Å². The first-order valence-corrected chi connectivity index (χ1v) is 6.51. The Balaban J connectivity index is 1.97. The molecule has 110 valence electrons. The van der Waals surface area contributed by atoms with Crippen LogP contribution in [0.5, 0.6) is 11.5 Å². The van der Waals surface area contributed by atoms with Crippen LogP contribution in [0.3, 0.4) is 0 Å². The van der Waals surface area contributed by atoms with Crippen LogP contribution in [0.2, 0.25) is 0 Å². The minimum absolute atomic E-state index is 0.259. The van der Waals surface area contributed by atoms with Gasteiger partial charge in [-0.1, -0.05) is 49.6 Å². The largest absolute Gasteiger partial charge is 0.423 e. The van der Waals surface area contributed by atoms with Crippen LogP contribution >= 0.6 is 0 Å². The van der Waals surface area contributed by atoms with Crippen molar-refractivity contribution in [2.75, 3.05) is 0 Å². The van der Waals surface area contributed by atoms with E-state index in [1.54, 1.807) is 60.7 Å². The Morgan fingerprint density at radius 3 is 1.27 bits per heavy atom. The first-order chi connectivity index (χ1) is 10.6. The minimum atomic E-state index is -1.08. The molecule has 4 nitrogen and oxygen atoms in total. The van der Waals surface area contributed by atoms with Crippen LogP contribution in [-0.2, 0) is 9.59 Å². The highest BCUT2D eigenvalue weighted by molar-refractivity contribution is 6.31. The SMILES string of the molecule is C=Cc1ccc(OC(=O)C(=O)Oc2ccc(C=C)cc2)cc1. The zero-order valence-electron chi connectivity index (χ0n) is 11.8. The highest BCUT2D eigenvalue weighted by atomic mass is 16.6. The molecule has 0 N–H and O–H groups in total. The molecule has 22 heavy (non-hydrogen) atoms. The van der Waals surface area contributed by atoms with E-state index in [0.29, 0.717) is 0 Å². The van der Waals surface area contributed by atoms with Gasteiger partial charge in [-0.15, -0.1) is 0 Å².